The SMILES string of the molecule is CCCOc1ccc(-c2[nH]nc3c2[C@@H](c2ccccc2[N+](=O)[O-])C(C#N)=C(N)O3)cc1. The monoisotopic (exact) mass is 417 g/mol. The second-order valence-corrected chi connectivity index (χ2v) is 6.93. The summed E-state index contributed by atoms with van der Waals surface area (Å²) in [6.45, 7) is 2.64. The molecular weight excluding hydrogens is 398 g/mol. The molecule has 0 bridgehead atoms. The number of aromatic amines is 1. The number of nitro benzene ring substituents is 1. The lowest BCUT2D eigenvalue weighted by atomic mass is 9.82. The Hall–Kier alpha value is -4.32. The van der Waals surface area contributed by atoms with Crippen LogP contribution in [0.4, 0.5) is 5.69 Å². The second kappa shape index (κ2) is 8.20. The highest BCUT2D eigenvalue weighted by atomic mass is 16.6. The van der Waals surface area contributed by atoms with Crippen molar-refractivity contribution in [3.05, 3.63) is 81.2 Å². The number of nitrogens with two attached hydrogens (primary N) is 1. The Morgan fingerprint density at radius 3 is 2.71 bits per heavy atom. The predicted molar refractivity (Wildman–Crippen MR) is 112 cm³/mol. The zero-order chi connectivity index (χ0) is 22.0. The normalized spacial score (nSPS) is 15.0. The average molecular weight is 417 g/mol. The largest absolute Gasteiger partial charge is 0.494 e. The predicted octanol–water partition coefficient (Wildman–Crippen LogP) is 3.99. The molecule has 156 valence electrons. The Bertz CT molecular complexity index is 1210. The lowest BCUT2D eigenvalue weighted by Crippen LogP contribution is -2.21. The van der Waals surface area contributed by atoms with Crippen molar-refractivity contribution in [3.63, 3.8) is 0 Å². The summed E-state index contributed by atoms with van der Waals surface area (Å²) in [6, 6.07) is 15.7. The van der Waals surface area contributed by atoms with Crippen LogP contribution in [0.3, 0.4) is 0 Å². The van der Waals surface area contributed by atoms with Crippen LogP contribution in [0.2, 0.25) is 0 Å². The third-order valence-electron chi connectivity index (χ3n) is 5.00. The topological polar surface area (TPSA) is 140 Å². The summed E-state index contributed by atoms with van der Waals surface area (Å²) in [5, 5.41) is 28.6. The summed E-state index contributed by atoms with van der Waals surface area (Å²) >= 11 is 0. The molecule has 0 radical (unpaired) electrons. The van der Waals surface area contributed by atoms with E-state index >= 15 is 0 Å². The number of hydrogen-bond acceptors (Lipinski definition) is 7. The molecule has 1 atom stereocenters. The molecule has 0 spiro atoms. The van der Waals surface area contributed by atoms with Gasteiger partial charge in [-0.05, 0) is 30.7 Å². The van der Waals surface area contributed by atoms with Crippen LogP contribution in [0.1, 0.15) is 30.4 Å². The first kappa shape index (κ1) is 20.0. The van der Waals surface area contributed by atoms with Gasteiger partial charge in [-0.15, -0.1) is 5.10 Å². The van der Waals surface area contributed by atoms with Crippen LogP contribution < -0.4 is 15.2 Å². The van der Waals surface area contributed by atoms with Gasteiger partial charge in [0, 0.05) is 17.2 Å². The molecule has 2 aromatic carbocycles. The van der Waals surface area contributed by atoms with E-state index in [1.165, 1.54) is 6.07 Å². The average Bonchev–Trinajstić information content (AvgIpc) is 3.20. The molecule has 0 unspecified atom stereocenters. The Morgan fingerprint density at radius 2 is 2.03 bits per heavy atom. The lowest BCUT2D eigenvalue weighted by molar-refractivity contribution is -0.385. The molecule has 0 aliphatic carbocycles. The van der Waals surface area contributed by atoms with Crippen molar-refractivity contribution in [3.8, 4) is 29.0 Å². The van der Waals surface area contributed by atoms with Crippen molar-refractivity contribution in [1.82, 2.24) is 10.2 Å². The van der Waals surface area contributed by atoms with E-state index in [-0.39, 0.29) is 23.0 Å². The Labute approximate surface area is 177 Å². The van der Waals surface area contributed by atoms with Crippen molar-refractivity contribution in [2.45, 2.75) is 19.3 Å². The number of allylic oxidation sites excluding steroid dienone is 1. The van der Waals surface area contributed by atoms with E-state index in [0.717, 1.165) is 17.7 Å². The van der Waals surface area contributed by atoms with Crippen molar-refractivity contribution < 1.29 is 14.4 Å². The number of rotatable bonds is 6. The minimum Gasteiger partial charge on any atom is -0.494 e. The van der Waals surface area contributed by atoms with Gasteiger partial charge in [0.25, 0.3) is 5.69 Å². The summed E-state index contributed by atoms with van der Waals surface area (Å²) in [4.78, 5) is 11.2. The van der Waals surface area contributed by atoms with E-state index in [2.05, 4.69) is 16.3 Å². The number of benzene rings is 2. The number of fused-ring (bicyclic) bond motifs is 1. The van der Waals surface area contributed by atoms with E-state index in [9.17, 15) is 15.4 Å². The van der Waals surface area contributed by atoms with Gasteiger partial charge in [0.2, 0.25) is 11.8 Å². The molecule has 3 N–H and O–H groups in total. The van der Waals surface area contributed by atoms with E-state index in [1.54, 1.807) is 18.2 Å². The molecule has 4 rings (SSSR count). The number of H-pyrrole nitrogens is 1. The first-order chi connectivity index (χ1) is 15.0. The summed E-state index contributed by atoms with van der Waals surface area (Å²) in [6.07, 6.45) is 0.898. The smallest absolute Gasteiger partial charge is 0.273 e. The fourth-order valence-corrected chi connectivity index (χ4v) is 3.61. The third kappa shape index (κ3) is 3.55. The Kier molecular flexibility index (Phi) is 5.28. The summed E-state index contributed by atoms with van der Waals surface area (Å²) < 4.78 is 11.2. The quantitative estimate of drug-likeness (QED) is 0.456. The van der Waals surface area contributed by atoms with Crippen molar-refractivity contribution in [2.24, 2.45) is 5.73 Å². The molecule has 0 fully saturated rings. The zero-order valence-electron chi connectivity index (χ0n) is 16.7. The molecule has 2 heterocycles. The molecule has 0 saturated carbocycles. The number of nitro groups is 1. The van der Waals surface area contributed by atoms with Crippen molar-refractivity contribution in [1.29, 1.82) is 5.26 Å². The molecule has 1 aromatic heterocycles. The van der Waals surface area contributed by atoms with Crippen molar-refractivity contribution >= 4 is 5.69 Å². The molecule has 3 aromatic rings. The number of ether oxygens (including phenoxy) is 2. The van der Waals surface area contributed by atoms with Gasteiger partial charge in [-0.25, -0.2) is 0 Å². The molecule has 9 nitrogen and oxygen atoms in total. The number of nitrogens with zero attached hydrogens (tertiary/aromatic N) is 3. The molecule has 0 amide bonds. The van der Waals surface area contributed by atoms with Crippen LogP contribution in [-0.4, -0.2) is 21.7 Å². The van der Waals surface area contributed by atoms with Crippen LogP contribution in [0.5, 0.6) is 11.6 Å². The third-order valence-corrected chi connectivity index (χ3v) is 5.00. The number of hydrogen-bond donors (Lipinski definition) is 2. The summed E-state index contributed by atoms with van der Waals surface area (Å²) in [5.74, 6) is -0.0204. The van der Waals surface area contributed by atoms with E-state index in [0.29, 0.717) is 23.4 Å². The van der Waals surface area contributed by atoms with Crippen molar-refractivity contribution in [2.75, 3.05) is 6.61 Å². The number of nitriles is 1. The number of para-hydroxylation sites is 1. The van der Waals surface area contributed by atoms with E-state index in [4.69, 9.17) is 15.2 Å². The van der Waals surface area contributed by atoms with Gasteiger partial charge in [0.1, 0.15) is 17.4 Å². The molecule has 9 heteroatoms. The molecular formula is C22H19N5O4. The van der Waals surface area contributed by atoms with Gasteiger partial charge in [0.05, 0.1) is 28.7 Å². The molecule has 1 aliphatic heterocycles. The summed E-state index contributed by atoms with van der Waals surface area (Å²) in [5.41, 5.74) is 8.14. The first-order valence-electron chi connectivity index (χ1n) is 9.67. The van der Waals surface area contributed by atoms with Gasteiger partial charge >= 0.3 is 0 Å². The highest BCUT2D eigenvalue weighted by Crippen LogP contribution is 2.47. The van der Waals surface area contributed by atoms with Crippen LogP contribution in [-0.2, 0) is 0 Å². The molecule has 1 aliphatic rings. The number of nitrogens with one attached hydrogen (secondary N) is 1. The fraction of sp³-hybridized carbons (Fsp3) is 0.182. The van der Waals surface area contributed by atoms with Gasteiger partial charge < -0.3 is 15.2 Å². The van der Waals surface area contributed by atoms with E-state index < -0.39 is 10.8 Å². The molecule has 31 heavy (non-hydrogen) atoms. The fourth-order valence-electron chi connectivity index (χ4n) is 3.61. The lowest BCUT2D eigenvalue weighted by Gasteiger charge is -2.24. The van der Waals surface area contributed by atoms with Crippen LogP contribution in [0, 0.1) is 21.4 Å². The van der Waals surface area contributed by atoms with Gasteiger partial charge in [0.15, 0.2) is 0 Å². The van der Waals surface area contributed by atoms with Gasteiger partial charge in [-0.2, -0.15) is 5.26 Å². The van der Waals surface area contributed by atoms with Crippen LogP contribution >= 0.6 is 0 Å². The maximum atomic E-state index is 11.7. The van der Waals surface area contributed by atoms with E-state index in [1.807, 2.05) is 31.2 Å². The maximum Gasteiger partial charge on any atom is 0.273 e. The minimum atomic E-state index is -0.805. The standard InChI is InChI=1S/C22H19N5O4/c1-2-11-30-14-9-7-13(8-10-14)20-19-18(15-5-3-4-6-17(15)27(28)29)16(12-23)21(24)31-22(19)26-25-20/h3-10,18H,2,11,24H2,1H3,(H,25,26)/t18-/m0/s1. The highest BCUT2D eigenvalue weighted by molar-refractivity contribution is 5.72. The molecule has 0 saturated heterocycles. The van der Waals surface area contributed by atoms with Crippen LogP contribution in [0.25, 0.3) is 11.3 Å². The maximum absolute atomic E-state index is 11.7. The highest BCUT2D eigenvalue weighted by Gasteiger charge is 2.38. The zero-order valence-corrected chi connectivity index (χ0v) is 16.7. The Morgan fingerprint density at radius 1 is 1.29 bits per heavy atom. The summed E-state index contributed by atoms with van der Waals surface area (Å²) in [7, 11) is 0. The minimum absolute atomic E-state index is 0.0901. The second-order valence-electron chi connectivity index (χ2n) is 6.93. The van der Waals surface area contributed by atoms with Crippen LogP contribution in [0.15, 0.2) is 60.0 Å². The Balaban J connectivity index is 1.87. The van der Waals surface area contributed by atoms with Gasteiger partial charge in [-0.3, -0.25) is 15.2 Å². The van der Waals surface area contributed by atoms with Gasteiger partial charge in [-0.1, -0.05) is 25.1 Å². The number of aromatic nitrogens is 2. The first-order valence-corrected chi connectivity index (χ1v) is 9.67.